The SMILES string of the molecule is Nc1ccc2c(c1)nc(CO)n2CC(=O)NC1CC1. The number of nitrogens with two attached hydrogens (primary N) is 1. The second kappa shape index (κ2) is 4.55. The average Bonchev–Trinajstić information content (AvgIpc) is 3.11. The lowest BCUT2D eigenvalue weighted by Crippen LogP contribution is -2.29. The molecule has 0 spiro atoms. The first-order valence-corrected chi connectivity index (χ1v) is 6.32. The minimum absolute atomic E-state index is 0.0478. The third-order valence-electron chi connectivity index (χ3n) is 3.24. The highest BCUT2D eigenvalue weighted by Crippen LogP contribution is 2.21. The second-order valence-electron chi connectivity index (χ2n) is 4.86. The van der Waals surface area contributed by atoms with Crippen molar-refractivity contribution in [2.75, 3.05) is 5.73 Å². The summed E-state index contributed by atoms with van der Waals surface area (Å²) in [4.78, 5) is 16.2. The lowest BCUT2D eigenvalue weighted by Gasteiger charge is -2.08. The molecule has 6 heteroatoms. The Morgan fingerprint density at radius 1 is 1.53 bits per heavy atom. The molecule has 6 nitrogen and oxygen atoms in total. The number of carbonyl (C=O) groups excluding carboxylic acids is 1. The van der Waals surface area contributed by atoms with Crippen molar-refractivity contribution < 1.29 is 9.90 Å². The normalized spacial score (nSPS) is 14.8. The van der Waals surface area contributed by atoms with E-state index in [1.54, 1.807) is 16.7 Å². The quantitative estimate of drug-likeness (QED) is 0.693. The summed E-state index contributed by atoms with van der Waals surface area (Å²) in [6.45, 7) is -0.0297. The Morgan fingerprint density at radius 3 is 3.00 bits per heavy atom. The van der Waals surface area contributed by atoms with Crippen molar-refractivity contribution >= 4 is 22.6 Å². The van der Waals surface area contributed by atoms with E-state index in [-0.39, 0.29) is 19.1 Å². The first kappa shape index (κ1) is 12.0. The van der Waals surface area contributed by atoms with Crippen LogP contribution in [-0.4, -0.2) is 26.6 Å². The summed E-state index contributed by atoms with van der Waals surface area (Å²) in [7, 11) is 0. The molecule has 100 valence electrons. The van der Waals surface area contributed by atoms with Crippen molar-refractivity contribution in [3.63, 3.8) is 0 Å². The zero-order valence-electron chi connectivity index (χ0n) is 10.5. The molecule has 1 aliphatic carbocycles. The number of nitrogens with zero attached hydrogens (tertiary/aromatic N) is 2. The molecule has 0 bridgehead atoms. The van der Waals surface area contributed by atoms with Crippen LogP contribution in [0.5, 0.6) is 0 Å². The summed E-state index contributed by atoms with van der Waals surface area (Å²) >= 11 is 0. The Kier molecular flexibility index (Phi) is 2.87. The molecular formula is C13H16N4O2. The predicted molar refractivity (Wildman–Crippen MR) is 71.2 cm³/mol. The van der Waals surface area contributed by atoms with Crippen molar-refractivity contribution in [1.29, 1.82) is 0 Å². The van der Waals surface area contributed by atoms with Crippen LogP contribution < -0.4 is 11.1 Å². The number of hydrogen-bond donors (Lipinski definition) is 3. The maximum atomic E-state index is 11.9. The van der Waals surface area contributed by atoms with Crippen LogP contribution in [0.3, 0.4) is 0 Å². The predicted octanol–water partition coefficient (Wildman–Crippen LogP) is 0.389. The number of nitrogen functional groups attached to an aromatic ring is 1. The number of hydrogen-bond acceptors (Lipinski definition) is 4. The van der Waals surface area contributed by atoms with E-state index < -0.39 is 0 Å². The van der Waals surface area contributed by atoms with Crippen LogP contribution >= 0.6 is 0 Å². The van der Waals surface area contributed by atoms with E-state index in [9.17, 15) is 9.90 Å². The Bertz CT molecular complexity index is 631. The number of rotatable bonds is 4. The summed E-state index contributed by atoms with van der Waals surface area (Å²) in [5, 5.41) is 12.3. The van der Waals surface area contributed by atoms with Crippen LogP contribution in [0.4, 0.5) is 5.69 Å². The Labute approximate surface area is 110 Å². The van der Waals surface area contributed by atoms with Gasteiger partial charge in [0.15, 0.2) is 0 Å². The molecule has 4 N–H and O–H groups in total. The van der Waals surface area contributed by atoms with E-state index in [1.165, 1.54) is 0 Å². The fraction of sp³-hybridized carbons (Fsp3) is 0.385. The fourth-order valence-corrected chi connectivity index (χ4v) is 2.14. The van der Waals surface area contributed by atoms with Crippen LogP contribution in [0.25, 0.3) is 11.0 Å². The number of anilines is 1. The lowest BCUT2D eigenvalue weighted by atomic mass is 10.3. The van der Waals surface area contributed by atoms with Crippen LogP contribution in [-0.2, 0) is 17.9 Å². The number of aromatic nitrogens is 2. The number of aliphatic hydroxyl groups is 1. The molecule has 0 saturated heterocycles. The number of amides is 1. The Balaban J connectivity index is 1.93. The van der Waals surface area contributed by atoms with Gasteiger partial charge in [-0.05, 0) is 31.0 Å². The monoisotopic (exact) mass is 260 g/mol. The van der Waals surface area contributed by atoms with Gasteiger partial charge in [0, 0.05) is 11.7 Å². The van der Waals surface area contributed by atoms with Gasteiger partial charge in [-0.2, -0.15) is 0 Å². The topological polar surface area (TPSA) is 93.2 Å². The zero-order valence-corrected chi connectivity index (χ0v) is 10.5. The highest BCUT2D eigenvalue weighted by Gasteiger charge is 2.24. The highest BCUT2D eigenvalue weighted by molar-refractivity contribution is 5.83. The minimum atomic E-state index is -0.203. The molecule has 0 unspecified atom stereocenters. The maximum absolute atomic E-state index is 11.9. The number of nitrogens with one attached hydrogen (secondary N) is 1. The second-order valence-corrected chi connectivity index (χ2v) is 4.86. The van der Waals surface area contributed by atoms with E-state index in [1.807, 2.05) is 6.07 Å². The Hall–Kier alpha value is -2.08. The fourth-order valence-electron chi connectivity index (χ4n) is 2.14. The van der Waals surface area contributed by atoms with Gasteiger partial charge < -0.3 is 20.7 Å². The molecule has 19 heavy (non-hydrogen) atoms. The summed E-state index contributed by atoms with van der Waals surface area (Å²) in [6, 6.07) is 5.65. The van der Waals surface area contributed by atoms with Gasteiger partial charge in [-0.25, -0.2) is 4.98 Å². The summed E-state index contributed by atoms with van der Waals surface area (Å²) < 4.78 is 1.73. The third kappa shape index (κ3) is 2.39. The van der Waals surface area contributed by atoms with Gasteiger partial charge in [0.05, 0.1) is 11.0 Å². The highest BCUT2D eigenvalue weighted by atomic mass is 16.3. The van der Waals surface area contributed by atoms with E-state index in [4.69, 9.17) is 5.73 Å². The molecule has 0 atom stereocenters. The summed E-state index contributed by atoms with van der Waals surface area (Å²) in [6.07, 6.45) is 2.11. The van der Waals surface area contributed by atoms with Crippen molar-refractivity contribution in [3.8, 4) is 0 Å². The molecule has 1 aromatic heterocycles. The summed E-state index contributed by atoms with van der Waals surface area (Å²) in [5.74, 6) is 0.430. The van der Waals surface area contributed by atoms with E-state index in [2.05, 4.69) is 10.3 Å². The number of imidazole rings is 1. The van der Waals surface area contributed by atoms with Gasteiger partial charge in [-0.1, -0.05) is 0 Å². The van der Waals surface area contributed by atoms with Crippen LogP contribution in [0.1, 0.15) is 18.7 Å². The molecule has 1 fully saturated rings. The molecule has 1 aliphatic rings. The maximum Gasteiger partial charge on any atom is 0.240 e. The lowest BCUT2D eigenvalue weighted by molar-refractivity contribution is -0.121. The number of fused-ring (bicyclic) bond motifs is 1. The number of aliphatic hydroxyl groups excluding tert-OH is 1. The molecule has 0 radical (unpaired) electrons. The first-order chi connectivity index (χ1) is 9.17. The first-order valence-electron chi connectivity index (χ1n) is 6.32. The standard InChI is InChI=1S/C13H16N4O2/c14-8-1-4-11-10(5-8)16-12(7-18)17(11)6-13(19)15-9-2-3-9/h1,4-5,9,18H,2-3,6-7,14H2,(H,15,19). The molecule has 1 amide bonds. The van der Waals surface area contributed by atoms with Gasteiger partial charge in [-0.15, -0.1) is 0 Å². The van der Waals surface area contributed by atoms with Gasteiger partial charge in [0.1, 0.15) is 19.0 Å². The van der Waals surface area contributed by atoms with E-state index in [0.717, 1.165) is 18.4 Å². The van der Waals surface area contributed by atoms with Crippen LogP contribution in [0.2, 0.25) is 0 Å². The van der Waals surface area contributed by atoms with E-state index in [0.29, 0.717) is 23.1 Å². The van der Waals surface area contributed by atoms with Crippen molar-refractivity contribution in [1.82, 2.24) is 14.9 Å². The van der Waals surface area contributed by atoms with Gasteiger partial charge >= 0.3 is 0 Å². The van der Waals surface area contributed by atoms with Gasteiger partial charge in [-0.3, -0.25) is 4.79 Å². The van der Waals surface area contributed by atoms with Crippen LogP contribution in [0, 0.1) is 0 Å². The van der Waals surface area contributed by atoms with E-state index >= 15 is 0 Å². The molecule has 1 aromatic carbocycles. The number of benzene rings is 1. The zero-order chi connectivity index (χ0) is 13.4. The third-order valence-corrected chi connectivity index (χ3v) is 3.24. The van der Waals surface area contributed by atoms with Crippen molar-refractivity contribution in [2.24, 2.45) is 0 Å². The molecule has 3 rings (SSSR count). The molecular weight excluding hydrogens is 244 g/mol. The van der Waals surface area contributed by atoms with Gasteiger partial charge in [0.2, 0.25) is 5.91 Å². The molecule has 2 aromatic rings. The van der Waals surface area contributed by atoms with Crippen molar-refractivity contribution in [2.45, 2.75) is 32.0 Å². The Morgan fingerprint density at radius 2 is 2.32 bits per heavy atom. The minimum Gasteiger partial charge on any atom is -0.399 e. The average molecular weight is 260 g/mol. The smallest absolute Gasteiger partial charge is 0.240 e. The van der Waals surface area contributed by atoms with Gasteiger partial charge in [0.25, 0.3) is 0 Å². The number of carbonyl (C=O) groups is 1. The largest absolute Gasteiger partial charge is 0.399 e. The van der Waals surface area contributed by atoms with Crippen molar-refractivity contribution in [3.05, 3.63) is 24.0 Å². The molecule has 1 heterocycles. The van der Waals surface area contributed by atoms with Crippen LogP contribution in [0.15, 0.2) is 18.2 Å². The molecule has 0 aliphatic heterocycles. The molecule has 1 saturated carbocycles. The summed E-state index contributed by atoms with van der Waals surface area (Å²) in [5.41, 5.74) is 7.83.